The van der Waals surface area contributed by atoms with Crippen molar-refractivity contribution in [1.82, 2.24) is 10.2 Å². The molecular formula is C14H26N2O2. The Labute approximate surface area is 110 Å². The zero-order valence-corrected chi connectivity index (χ0v) is 11.8. The summed E-state index contributed by atoms with van der Waals surface area (Å²) in [5, 5.41) is 13.1. The lowest BCUT2D eigenvalue weighted by Gasteiger charge is -2.36. The number of nitrogens with one attached hydrogen (secondary N) is 1. The first kappa shape index (κ1) is 13.8. The third-order valence-corrected chi connectivity index (χ3v) is 4.18. The van der Waals surface area contributed by atoms with E-state index >= 15 is 0 Å². The number of carboxylic acid groups (broad SMARTS) is 1. The van der Waals surface area contributed by atoms with E-state index in [0.29, 0.717) is 18.4 Å². The number of hydrogen-bond donors (Lipinski definition) is 2. The number of carbonyl (C=O) groups is 1. The Balaban J connectivity index is 2.10. The first-order valence-corrected chi connectivity index (χ1v) is 7.17. The summed E-state index contributed by atoms with van der Waals surface area (Å²) in [5.41, 5.74) is -0.724. The highest BCUT2D eigenvalue weighted by Crippen LogP contribution is 2.41. The first-order chi connectivity index (χ1) is 8.44. The SMILES string of the molecule is CC1CCN(CC(NC(C)C)(C(=O)O)C2CC2)C1. The molecule has 1 saturated carbocycles. The molecule has 0 radical (unpaired) electrons. The Bertz CT molecular complexity index is 315. The highest BCUT2D eigenvalue weighted by atomic mass is 16.4. The standard InChI is InChI=1S/C14H26N2O2/c1-10(2)15-14(13(17)18,12-4-5-12)9-16-7-6-11(3)8-16/h10-12,15H,4-9H2,1-3H3,(H,17,18). The number of rotatable bonds is 6. The fraction of sp³-hybridized carbons (Fsp3) is 0.929. The van der Waals surface area contributed by atoms with E-state index in [2.05, 4.69) is 17.1 Å². The van der Waals surface area contributed by atoms with Gasteiger partial charge in [-0.05, 0) is 51.5 Å². The second-order valence-electron chi connectivity index (χ2n) is 6.48. The van der Waals surface area contributed by atoms with Gasteiger partial charge in [-0.15, -0.1) is 0 Å². The van der Waals surface area contributed by atoms with Gasteiger partial charge in [0.2, 0.25) is 0 Å². The third kappa shape index (κ3) is 2.86. The van der Waals surface area contributed by atoms with Gasteiger partial charge in [0.05, 0.1) is 0 Å². The van der Waals surface area contributed by atoms with Crippen molar-refractivity contribution in [1.29, 1.82) is 0 Å². The Morgan fingerprint density at radius 1 is 1.44 bits per heavy atom. The number of nitrogens with zero attached hydrogens (tertiary/aromatic N) is 1. The van der Waals surface area contributed by atoms with Gasteiger partial charge < -0.3 is 10.0 Å². The Kier molecular flexibility index (Phi) is 3.97. The Hall–Kier alpha value is -0.610. The van der Waals surface area contributed by atoms with Gasteiger partial charge in [-0.25, -0.2) is 0 Å². The fourth-order valence-corrected chi connectivity index (χ4v) is 3.21. The summed E-state index contributed by atoms with van der Waals surface area (Å²) in [6.07, 6.45) is 3.30. The summed E-state index contributed by atoms with van der Waals surface area (Å²) in [5.74, 6) is 0.348. The average molecular weight is 254 g/mol. The van der Waals surface area contributed by atoms with Crippen LogP contribution in [-0.4, -0.2) is 47.2 Å². The van der Waals surface area contributed by atoms with E-state index in [0.717, 1.165) is 25.9 Å². The van der Waals surface area contributed by atoms with Crippen LogP contribution >= 0.6 is 0 Å². The molecule has 2 rings (SSSR count). The van der Waals surface area contributed by atoms with Gasteiger partial charge >= 0.3 is 5.97 Å². The number of hydrogen-bond acceptors (Lipinski definition) is 3. The van der Waals surface area contributed by atoms with E-state index in [-0.39, 0.29) is 6.04 Å². The molecule has 2 fully saturated rings. The van der Waals surface area contributed by atoms with E-state index in [9.17, 15) is 9.90 Å². The smallest absolute Gasteiger partial charge is 0.325 e. The number of carboxylic acids is 1. The minimum absolute atomic E-state index is 0.210. The summed E-state index contributed by atoms with van der Waals surface area (Å²) in [4.78, 5) is 14.1. The van der Waals surface area contributed by atoms with Crippen molar-refractivity contribution in [2.45, 2.75) is 51.6 Å². The second kappa shape index (κ2) is 5.17. The molecule has 1 aliphatic carbocycles. The molecule has 18 heavy (non-hydrogen) atoms. The Morgan fingerprint density at radius 2 is 2.11 bits per heavy atom. The summed E-state index contributed by atoms with van der Waals surface area (Å²) in [6, 6.07) is 0.210. The predicted molar refractivity (Wildman–Crippen MR) is 71.6 cm³/mol. The maximum atomic E-state index is 11.8. The maximum Gasteiger partial charge on any atom is 0.325 e. The Morgan fingerprint density at radius 3 is 2.50 bits per heavy atom. The molecule has 1 heterocycles. The van der Waals surface area contributed by atoms with Gasteiger partial charge in [0.1, 0.15) is 5.54 Å². The lowest BCUT2D eigenvalue weighted by Crippen LogP contribution is -2.62. The van der Waals surface area contributed by atoms with Crippen molar-refractivity contribution < 1.29 is 9.90 Å². The third-order valence-electron chi connectivity index (χ3n) is 4.18. The molecule has 2 unspecified atom stereocenters. The van der Waals surface area contributed by atoms with E-state index in [1.165, 1.54) is 6.42 Å². The van der Waals surface area contributed by atoms with Gasteiger partial charge in [0.25, 0.3) is 0 Å². The molecule has 0 aromatic carbocycles. The molecule has 0 aromatic heterocycles. The van der Waals surface area contributed by atoms with Crippen LogP contribution in [-0.2, 0) is 4.79 Å². The normalized spacial score (nSPS) is 28.6. The van der Waals surface area contributed by atoms with Gasteiger partial charge in [0, 0.05) is 19.1 Å². The molecule has 0 bridgehead atoms. The molecular weight excluding hydrogens is 228 g/mol. The lowest BCUT2D eigenvalue weighted by molar-refractivity contribution is -0.147. The minimum Gasteiger partial charge on any atom is -0.480 e. The second-order valence-corrected chi connectivity index (χ2v) is 6.48. The zero-order valence-electron chi connectivity index (χ0n) is 11.8. The molecule has 4 nitrogen and oxygen atoms in total. The van der Waals surface area contributed by atoms with Crippen molar-refractivity contribution in [3.8, 4) is 0 Å². The van der Waals surface area contributed by atoms with Crippen molar-refractivity contribution >= 4 is 5.97 Å². The quantitative estimate of drug-likeness (QED) is 0.755. The van der Waals surface area contributed by atoms with Crippen LogP contribution in [0.2, 0.25) is 0 Å². The maximum absolute atomic E-state index is 11.8. The predicted octanol–water partition coefficient (Wildman–Crippen LogP) is 1.56. The van der Waals surface area contributed by atoms with Crippen LogP contribution in [0.4, 0.5) is 0 Å². The van der Waals surface area contributed by atoms with Crippen LogP contribution in [0.1, 0.15) is 40.0 Å². The van der Waals surface area contributed by atoms with Gasteiger partial charge in [-0.3, -0.25) is 10.1 Å². The van der Waals surface area contributed by atoms with Crippen LogP contribution in [0, 0.1) is 11.8 Å². The van der Waals surface area contributed by atoms with E-state index < -0.39 is 11.5 Å². The zero-order chi connectivity index (χ0) is 13.3. The van der Waals surface area contributed by atoms with Crippen molar-refractivity contribution in [3.05, 3.63) is 0 Å². The van der Waals surface area contributed by atoms with Crippen LogP contribution < -0.4 is 5.32 Å². The highest BCUT2D eigenvalue weighted by Gasteiger charge is 2.52. The monoisotopic (exact) mass is 254 g/mol. The van der Waals surface area contributed by atoms with E-state index in [1.54, 1.807) is 0 Å². The molecule has 1 aliphatic heterocycles. The summed E-state index contributed by atoms with van der Waals surface area (Å²) in [6.45, 7) is 9.06. The van der Waals surface area contributed by atoms with Crippen molar-refractivity contribution in [3.63, 3.8) is 0 Å². The van der Waals surface area contributed by atoms with Gasteiger partial charge in [-0.2, -0.15) is 0 Å². The minimum atomic E-state index is -0.724. The molecule has 0 amide bonds. The summed E-state index contributed by atoms with van der Waals surface area (Å²) < 4.78 is 0. The fourth-order valence-electron chi connectivity index (χ4n) is 3.21. The van der Waals surface area contributed by atoms with E-state index in [4.69, 9.17) is 0 Å². The van der Waals surface area contributed by atoms with Crippen LogP contribution in [0.15, 0.2) is 0 Å². The van der Waals surface area contributed by atoms with Crippen LogP contribution in [0.5, 0.6) is 0 Å². The molecule has 0 aromatic rings. The molecule has 2 N–H and O–H groups in total. The average Bonchev–Trinajstić information content (AvgIpc) is 3.02. The number of likely N-dealkylation sites (tertiary alicyclic amines) is 1. The highest BCUT2D eigenvalue weighted by molar-refractivity contribution is 5.80. The van der Waals surface area contributed by atoms with Crippen molar-refractivity contribution in [2.24, 2.45) is 11.8 Å². The van der Waals surface area contributed by atoms with Crippen molar-refractivity contribution in [2.75, 3.05) is 19.6 Å². The first-order valence-electron chi connectivity index (χ1n) is 7.17. The molecule has 2 atom stereocenters. The molecule has 2 aliphatic rings. The molecule has 1 saturated heterocycles. The van der Waals surface area contributed by atoms with E-state index in [1.807, 2.05) is 13.8 Å². The van der Waals surface area contributed by atoms with Crippen LogP contribution in [0.25, 0.3) is 0 Å². The van der Waals surface area contributed by atoms with Gasteiger partial charge in [0.15, 0.2) is 0 Å². The number of aliphatic carboxylic acids is 1. The summed E-state index contributed by atoms with van der Waals surface area (Å²) >= 11 is 0. The molecule has 4 heteroatoms. The van der Waals surface area contributed by atoms with Crippen LogP contribution in [0.3, 0.4) is 0 Å². The van der Waals surface area contributed by atoms with Gasteiger partial charge in [-0.1, -0.05) is 6.92 Å². The molecule has 0 spiro atoms. The largest absolute Gasteiger partial charge is 0.480 e. The lowest BCUT2D eigenvalue weighted by atomic mass is 9.91. The summed E-state index contributed by atoms with van der Waals surface area (Å²) in [7, 11) is 0. The topological polar surface area (TPSA) is 52.6 Å². The molecule has 104 valence electrons.